The van der Waals surface area contributed by atoms with Crippen LogP contribution in [0.3, 0.4) is 0 Å². The number of nitrogens with zero attached hydrogens (tertiary/aromatic N) is 5. The molecular formula is C24H23ClN6O2S. The third-order valence-electron chi connectivity index (χ3n) is 5.98. The number of carbonyl (C=O) groups excluding carboxylic acids is 2. The highest BCUT2D eigenvalue weighted by Crippen LogP contribution is 2.25. The third kappa shape index (κ3) is 4.67. The molecule has 1 aliphatic rings. The third-order valence-corrected chi connectivity index (χ3v) is 7.07. The van der Waals surface area contributed by atoms with Gasteiger partial charge in [-0.3, -0.25) is 9.59 Å². The minimum atomic E-state index is -0.172. The van der Waals surface area contributed by atoms with Gasteiger partial charge >= 0.3 is 0 Å². The predicted octanol–water partition coefficient (Wildman–Crippen LogP) is 4.39. The largest absolute Gasteiger partial charge is 0.339 e. The molecule has 1 N–H and O–H groups in total. The number of fused-ring (bicyclic) bond motifs is 1. The van der Waals surface area contributed by atoms with Crippen molar-refractivity contribution in [2.24, 2.45) is 5.92 Å². The molecule has 0 bridgehead atoms. The SMILES string of the molecule is Cc1cc(C(=O)N2CCC(C(=O)Nc3ccc(Cl)cn3)CC2)c2cnn(Cc3cccs3)c2n1. The summed E-state index contributed by atoms with van der Waals surface area (Å²) in [6.45, 7) is 3.53. The number of aryl methyl sites for hydroxylation is 1. The van der Waals surface area contributed by atoms with Crippen molar-refractivity contribution >= 4 is 51.6 Å². The second-order valence-electron chi connectivity index (χ2n) is 8.35. The average molecular weight is 495 g/mol. The number of likely N-dealkylation sites (tertiary alicyclic amines) is 1. The summed E-state index contributed by atoms with van der Waals surface area (Å²) in [5.41, 5.74) is 2.09. The van der Waals surface area contributed by atoms with Crippen LogP contribution < -0.4 is 5.32 Å². The zero-order valence-corrected chi connectivity index (χ0v) is 20.1. The molecule has 34 heavy (non-hydrogen) atoms. The highest BCUT2D eigenvalue weighted by Gasteiger charge is 2.29. The fraction of sp³-hybridized carbons (Fsp3) is 0.292. The summed E-state index contributed by atoms with van der Waals surface area (Å²) in [4.78, 5) is 37.8. The molecule has 10 heteroatoms. The van der Waals surface area contributed by atoms with Crippen molar-refractivity contribution in [3.8, 4) is 0 Å². The lowest BCUT2D eigenvalue weighted by Crippen LogP contribution is -2.41. The number of nitrogens with one attached hydrogen (secondary N) is 1. The number of aromatic nitrogens is 4. The van der Waals surface area contributed by atoms with Crippen molar-refractivity contribution in [3.05, 3.63) is 69.3 Å². The Morgan fingerprint density at radius 3 is 2.74 bits per heavy atom. The van der Waals surface area contributed by atoms with Gasteiger partial charge in [0.05, 0.1) is 28.7 Å². The first kappa shape index (κ1) is 22.5. The van der Waals surface area contributed by atoms with Crippen LogP contribution in [0.25, 0.3) is 11.0 Å². The lowest BCUT2D eigenvalue weighted by atomic mass is 9.95. The van der Waals surface area contributed by atoms with Crippen LogP contribution in [0.1, 0.15) is 33.8 Å². The molecule has 0 spiro atoms. The molecule has 1 aliphatic heterocycles. The number of hydrogen-bond acceptors (Lipinski definition) is 6. The van der Waals surface area contributed by atoms with Crippen LogP contribution in [-0.2, 0) is 11.3 Å². The van der Waals surface area contributed by atoms with Crippen molar-refractivity contribution in [2.75, 3.05) is 18.4 Å². The maximum atomic E-state index is 13.4. The van der Waals surface area contributed by atoms with Gasteiger partial charge in [0.2, 0.25) is 5.91 Å². The number of carbonyl (C=O) groups is 2. The van der Waals surface area contributed by atoms with E-state index in [1.807, 2.05) is 34.0 Å². The van der Waals surface area contributed by atoms with Crippen molar-refractivity contribution in [1.29, 1.82) is 0 Å². The van der Waals surface area contributed by atoms with E-state index in [0.29, 0.717) is 54.5 Å². The summed E-state index contributed by atoms with van der Waals surface area (Å²) in [7, 11) is 0. The number of amides is 2. The number of thiophene rings is 1. The number of anilines is 1. The van der Waals surface area contributed by atoms with Gasteiger partial charge in [0.15, 0.2) is 5.65 Å². The van der Waals surface area contributed by atoms with E-state index in [1.54, 1.807) is 29.7 Å². The fourth-order valence-corrected chi connectivity index (χ4v) is 5.01. The Hall–Kier alpha value is -3.30. The van der Waals surface area contributed by atoms with Crippen LogP contribution in [0.4, 0.5) is 5.82 Å². The smallest absolute Gasteiger partial charge is 0.254 e. The summed E-state index contributed by atoms with van der Waals surface area (Å²) >= 11 is 7.52. The number of rotatable bonds is 5. The van der Waals surface area contributed by atoms with Crippen LogP contribution in [0.2, 0.25) is 5.02 Å². The van der Waals surface area contributed by atoms with Gasteiger partial charge in [-0.15, -0.1) is 11.3 Å². The van der Waals surface area contributed by atoms with Crippen LogP contribution in [-0.4, -0.2) is 49.6 Å². The van der Waals surface area contributed by atoms with Crippen molar-refractivity contribution in [2.45, 2.75) is 26.3 Å². The molecular weight excluding hydrogens is 472 g/mol. The standard InChI is InChI=1S/C24H23ClN6O2S/c1-15-11-19(20-13-27-31(22(20)28-15)14-18-3-2-10-34-18)24(33)30-8-6-16(7-9-30)23(32)29-21-5-4-17(25)12-26-21/h2-5,10-13,16H,6-9,14H2,1H3,(H,26,29,32). The minimum absolute atomic E-state index is 0.0515. The van der Waals surface area contributed by atoms with E-state index in [1.165, 1.54) is 11.1 Å². The Labute approximate surface area is 205 Å². The maximum Gasteiger partial charge on any atom is 0.254 e. The monoisotopic (exact) mass is 494 g/mol. The van der Waals surface area contributed by atoms with E-state index >= 15 is 0 Å². The minimum Gasteiger partial charge on any atom is -0.339 e. The molecule has 2 amide bonds. The molecule has 0 aliphatic carbocycles. The van der Waals surface area contributed by atoms with E-state index in [9.17, 15) is 9.59 Å². The summed E-state index contributed by atoms with van der Waals surface area (Å²) < 4.78 is 1.84. The number of piperidine rings is 1. The average Bonchev–Trinajstić information content (AvgIpc) is 3.50. The van der Waals surface area contributed by atoms with Gasteiger partial charge in [0.1, 0.15) is 5.82 Å². The van der Waals surface area contributed by atoms with Gasteiger partial charge in [0, 0.05) is 35.8 Å². The fourth-order valence-electron chi connectivity index (χ4n) is 4.21. The molecule has 5 heterocycles. The van der Waals surface area contributed by atoms with Gasteiger partial charge < -0.3 is 10.2 Å². The topological polar surface area (TPSA) is 93.0 Å². The summed E-state index contributed by atoms with van der Waals surface area (Å²) in [6, 6.07) is 9.26. The normalized spacial score (nSPS) is 14.5. The first-order valence-electron chi connectivity index (χ1n) is 11.0. The van der Waals surface area contributed by atoms with Crippen LogP contribution >= 0.6 is 22.9 Å². The highest BCUT2D eigenvalue weighted by atomic mass is 35.5. The Morgan fingerprint density at radius 2 is 2.03 bits per heavy atom. The van der Waals surface area contributed by atoms with E-state index < -0.39 is 0 Å². The highest BCUT2D eigenvalue weighted by molar-refractivity contribution is 7.09. The Morgan fingerprint density at radius 1 is 1.21 bits per heavy atom. The van der Waals surface area contributed by atoms with E-state index in [4.69, 9.17) is 11.6 Å². The van der Waals surface area contributed by atoms with Gasteiger partial charge in [-0.25, -0.2) is 14.6 Å². The lowest BCUT2D eigenvalue weighted by molar-refractivity contribution is -0.121. The molecule has 174 valence electrons. The Kier molecular flexibility index (Phi) is 6.30. The van der Waals surface area contributed by atoms with Gasteiger partial charge in [-0.05, 0) is 49.4 Å². The first-order valence-corrected chi connectivity index (χ1v) is 12.3. The maximum absolute atomic E-state index is 13.4. The summed E-state index contributed by atoms with van der Waals surface area (Å²) in [6.07, 6.45) is 4.41. The molecule has 0 saturated carbocycles. The van der Waals surface area contributed by atoms with Crippen molar-refractivity contribution in [3.63, 3.8) is 0 Å². The second-order valence-corrected chi connectivity index (χ2v) is 9.82. The molecule has 1 fully saturated rings. The van der Waals surface area contributed by atoms with Gasteiger partial charge in [0.25, 0.3) is 5.91 Å². The molecule has 0 unspecified atom stereocenters. The number of pyridine rings is 2. The zero-order valence-electron chi connectivity index (χ0n) is 18.6. The predicted molar refractivity (Wildman–Crippen MR) is 132 cm³/mol. The molecule has 0 atom stereocenters. The quantitative estimate of drug-likeness (QED) is 0.444. The van der Waals surface area contributed by atoms with Crippen LogP contribution in [0.5, 0.6) is 0 Å². The summed E-state index contributed by atoms with van der Waals surface area (Å²) in [5.74, 6) is 0.166. The van der Waals surface area contributed by atoms with E-state index in [-0.39, 0.29) is 17.7 Å². The second kappa shape index (κ2) is 9.52. The number of hydrogen-bond donors (Lipinski definition) is 1. The summed E-state index contributed by atoms with van der Waals surface area (Å²) in [5, 5.41) is 10.6. The lowest BCUT2D eigenvalue weighted by Gasteiger charge is -2.31. The van der Waals surface area contributed by atoms with Crippen molar-refractivity contribution in [1.82, 2.24) is 24.6 Å². The molecule has 4 aromatic heterocycles. The van der Waals surface area contributed by atoms with Gasteiger partial charge in [-0.2, -0.15) is 5.10 Å². The molecule has 0 aromatic carbocycles. The van der Waals surface area contributed by atoms with E-state index in [0.717, 1.165) is 11.1 Å². The molecule has 4 aromatic rings. The van der Waals surface area contributed by atoms with Crippen LogP contribution in [0, 0.1) is 12.8 Å². The molecule has 5 rings (SSSR count). The first-order chi connectivity index (χ1) is 16.5. The zero-order chi connectivity index (χ0) is 23.7. The Bertz CT molecular complexity index is 1330. The molecule has 1 saturated heterocycles. The number of halogens is 1. The van der Waals surface area contributed by atoms with E-state index in [2.05, 4.69) is 26.4 Å². The molecule has 0 radical (unpaired) electrons. The van der Waals surface area contributed by atoms with Crippen molar-refractivity contribution < 1.29 is 9.59 Å². The van der Waals surface area contributed by atoms with Crippen LogP contribution in [0.15, 0.2) is 48.1 Å². The van der Waals surface area contributed by atoms with Gasteiger partial charge in [-0.1, -0.05) is 17.7 Å². The molecule has 8 nitrogen and oxygen atoms in total. The Balaban J connectivity index is 1.28.